The van der Waals surface area contributed by atoms with Gasteiger partial charge >= 0.3 is 11.9 Å². The molecule has 3 unspecified atom stereocenters. The monoisotopic (exact) mass is 543 g/mol. The van der Waals surface area contributed by atoms with Crippen LogP contribution in [0, 0.1) is 5.41 Å². The predicted molar refractivity (Wildman–Crippen MR) is 153 cm³/mol. The summed E-state index contributed by atoms with van der Waals surface area (Å²) in [7, 11) is 0. The van der Waals surface area contributed by atoms with Crippen LogP contribution in [0.5, 0.6) is 0 Å². The highest BCUT2D eigenvalue weighted by molar-refractivity contribution is 6.30. The van der Waals surface area contributed by atoms with E-state index in [4.69, 9.17) is 11.6 Å². The number of fused-ring (bicyclic) bond motifs is 1. The zero-order chi connectivity index (χ0) is 28.2. The predicted octanol–water partition coefficient (Wildman–Crippen LogP) is 6.56. The lowest BCUT2D eigenvalue weighted by Gasteiger charge is -2.30. The Balaban J connectivity index is 1.63. The van der Waals surface area contributed by atoms with Crippen molar-refractivity contribution in [2.45, 2.75) is 38.6 Å². The third kappa shape index (κ3) is 6.47. The number of nitrogens with one attached hydrogen (secondary N) is 1. The molecular weight excluding hydrogens is 514 g/mol. The largest absolute Gasteiger partial charge is 0.481 e. The number of hydrogen-bond donors (Lipinski definition) is 3. The fraction of sp³-hybridized carbons (Fsp3) is 0.219. The topological polar surface area (TPSA) is 104 Å². The van der Waals surface area contributed by atoms with E-state index in [9.17, 15) is 24.6 Å². The van der Waals surface area contributed by atoms with E-state index in [0.29, 0.717) is 11.4 Å². The summed E-state index contributed by atoms with van der Waals surface area (Å²) >= 11 is 6.07. The molecule has 4 aromatic carbocycles. The minimum Gasteiger partial charge on any atom is -0.481 e. The third-order valence-electron chi connectivity index (χ3n) is 7.23. The number of aliphatic carboxylic acids is 2. The van der Waals surface area contributed by atoms with Gasteiger partial charge in [-0.2, -0.15) is 0 Å². The molecular formula is C32H30ClNO5. The fourth-order valence-corrected chi connectivity index (χ4v) is 4.90. The van der Waals surface area contributed by atoms with E-state index in [2.05, 4.69) is 35.6 Å². The number of benzene rings is 4. The van der Waals surface area contributed by atoms with Crippen LogP contribution in [0.2, 0.25) is 5.02 Å². The third-order valence-corrected chi connectivity index (χ3v) is 7.48. The summed E-state index contributed by atoms with van der Waals surface area (Å²) in [5.74, 6) is -3.89. The Kier molecular flexibility index (Phi) is 8.36. The molecule has 0 saturated heterocycles. The van der Waals surface area contributed by atoms with Crippen molar-refractivity contribution in [2.24, 2.45) is 5.41 Å². The lowest BCUT2D eigenvalue weighted by Crippen LogP contribution is -2.50. The van der Waals surface area contributed by atoms with Crippen molar-refractivity contribution < 1.29 is 24.6 Å². The van der Waals surface area contributed by atoms with Crippen LogP contribution in [-0.4, -0.2) is 34.1 Å². The molecule has 39 heavy (non-hydrogen) atoms. The summed E-state index contributed by atoms with van der Waals surface area (Å²) in [5.41, 5.74) is 1.99. The number of carboxylic acid groups (broad SMARTS) is 2. The zero-order valence-corrected chi connectivity index (χ0v) is 22.5. The lowest BCUT2D eigenvalue weighted by atomic mass is 9.83. The van der Waals surface area contributed by atoms with Gasteiger partial charge < -0.3 is 15.5 Å². The first kappa shape index (κ1) is 27.9. The SMILES string of the molecule is CC(NC(=O)C(C)(CC(=O)O)C(=O)O)C(Cc1ccc(Cl)cc1)c1ccc(-c2ccc3ccccc3c2)cc1. The van der Waals surface area contributed by atoms with Crippen LogP contribution in [0.4, 0.5) is 0 Å². The number of carboxylic acids is 2. The molecule has 200 valence electrons. The van der Waals surface area contributed by atoms with Crippen LogP contribution in [0.1, 0.15) is 37.3 Å². The van der Waals surface area contributed by atoms with E-state index < -0.39 is 35.7 Å². The molecule has 1 amide bonds. The number of carbonyl (C=O) groups excluding carboxylic acids is 1. The van der Waals surface area contributed by atoms with Crippen molar-refractivity contribution in [3.63, 3.8) is 0 Å². The van der Waals surface area contributed by atoms with Gasteiger partial charge in [-0.05, 0) is 71.5 Å². The van der Waals surface area contributed by atoms with Crippen LogP contribution in [-0.2, 0) is 20.8 Å². The Labute approximate surface area is 232 Å². The van der Waals surface area contributed by atoms with E-state index in [1.807, 2.05) is 48.5 Å². The zero-order valence-electron chi connectivity index (χ0n) is 21.7. The molecule has 0 aliphatic rings. The smallest absolute Gasteiger partial charge is 0.319 e. The minimum atomic E-state index is -2.09. The first-order chi connectivity index (χ1) is 18.6. The maximum atomic E-state index is 13.1. The second-order valence-corrected chi connectivity index (χ2v) is 10.5. The molecule has 0 radical (unpaired) electrons. The lowest BCUT2D eigenvalue weighted by molar-refractivity contribution is -0.160. The minimum absolute atomic E-state index is 0.219. The quantitative estimate of drug-likeness (QED) is 0.197. The standard InChI is InChI=1S/C32H30ClNO5/c1-20(34-30(37)32(2,31(38)39)19-29(35)36)28(17-21-7-15-27(33)16-8-21)24-12-9-23(10-13-24)26-14-11-22-5-3-4-6-25(22)18-26/h3-16,18,20,28H,17,19H2,1-2H3,(H,34,37)(H,35,36)(H,38,39). The van der Waals surface area contributed by atoms with Gasteiger partial charge in [-0.25, -0.2) is 0 Å². The Hall–Kier alpha value is -4.16. The van der Waals surface area contributed by atoms with Crippen LogP contribution >= 0.6 is 11.6 Å². The van der Waals surface area contributed by atoms with Gasteiger partial charge in [0.25, 0.3) is 0 Å². The fourth-order valence-electron chi connectivity index (χ4n) is 4.77. The maximum Gasteiger partial charge on any atom is 0.319 e. The molecule has 0 saturated carbocycles. The molecule has 0 fully saturated rings. The Bertz CT molecular complexity index is 1500. The Morgan fingerprint density at radius 1 is 0.846 bits per heavy atom. The number of halogens is 1. The Morgan fingerprint density at radius 2 is 1.46 bits per heavy atom. The van der Waals surface area contributed by atoms with Crippen LogP contribution in [0.15, 0.2) is 91.0 Å². The number of rotatable bonds is 10. The average Bonchev–Trinajstić information content (AvgIpc) is 2.92. The van der Waals surface area contributed by atoms with Gasteiger partial charge in [-0.3, -0.25) is 14.4 Å². The number of amides is 1. The van der Waals surface area contributed by atoms with Crippen LogP contribution in [0.3, 0.4) is 0 Å². The molecule has 0 aliphatic carbocycles. The van der Waals surface area contributed by atoms with Crippen LogP contribution < -0.4 is 5.32 Å². The van der Waals surface area contributed by atoms with Gasteiger partial charge in [0.1, 0.15) is 0 Å². The van der Waals surface area contributed by atoms with Crippen molar-refractivity contribution in [3.05, 3.63) is 107 Å². The highest BCUT2D eigenvalue weighted by atomic mass is 35.5. The van der Waals surface area contributed by atoms with Crippen molar-refractivity contribution in [3.8, 4) is 11.1 Å². The van der Waals surface area contributed by atoms with Gasteiger partial charge in [0.05, 0.1) is 6.42 Å². The van der Waals surface area contributed by atoms with E-state index >= 15 is 0 Å². The molecule has 0 aromatic heterocycles. The molecule has 4 rings (SSSR count). The normalized spacial score (nSPS) is 14.2. The number of hydrogen-bond acceptors (Lipinski definition) is 3. The first-order valence-electron chi connectivity index (χ1n) is 12.7. The molecule has 7 heteroatoms. The van der Waals surface area contributed by atoms with Gasteiger partial charge in [0, 0.05) is 17.0 Å². The molecule has 3 atom stereocenters. The summed E-state index contributed by atoms with van der Waals surface area (Å²) in [4.78, 5) is 36.2. The second kappa shape index (κ2) is 11.7. The second-order valence-electron chi connectivity index (χ2n) is 10.1. The maximum absolute atomic E-state index is 13.1. The van der Waals surface area contributed by atoms with Gasteiger partial charge in [0.15, 0.2) is 5.41 Å². The van der Waals surface area contributed by atoms with E-state index in [-0.39, 0.29) is 5.92 Å². The van der Waals surface area contributed by atoms with Gasteiger partial charge in [0.2, 0.25) is 5.91 Å². The summed E-state index contributed by atoms with van der Waals surface area (Å²) in [6.07, 6.45) is -0.264. The Morgan fingerprint density at radius 3 is 2.08 bits per heavy atom. The highest BCUT2D eigenvalue weighted by Gasteiger charge is 2.44. The summed E-state index contributed by atoms with van der Waals surface area (Å²) in [6, 6.07) is 29.5. The number of carbonyl (C=O) groups is 3. The molecule has 4 aromatic rings. The van der Waals surface area contributed by atoms with Crippen molar-refractivity contribution in [1.29, 1.82) is 0 Å². The molecule has 3 N–H and O–H groups in total. The summed E-state index contributed by atoms with van der Waals surface area (Å²) in [5, 5.41) is 24.6. The van der Waals surface area contributed by atoms with E-state index in [1.54, 1.807) is 19.1 Å². The molecule has 0 spiro atoms. The van der Waals surface area contributed by atoms with Crippen molar-refractivity contribution >= 4 is 40.2 Å². The highest BCUT2D eigenvalue weighted by Crippen LogP contribution is 2.31. The molecule has 0 bridgehead atoms. The van der Waals surface area contributed by atoms with Gasteiger partial charge in [-0.15, -0.1) is 0 Å². The molecule has 6 nitrogen and oxygen atoms in total. The first-order valence-corrected chi connectivity index (χ1v) is 13.0. The van der Waals surface area contributed by atoms with Crippen LogP contribution in [0.25, 0.3) is 21.9 Å². The van der Waals surface area contributed by atoms with Crippen molar-refractivity contribution in [2.75, 3.05) is 0 Å². The van der Waals surface area contributed by atoms with E-state index in [1.165, 1.54) is 5.39 Å². The molecule has 0 heterocycles. The summed E-state index contributed by atoms with van der Waals surface area (Å²) < 4.78 is 0. The van der Waals surface area contributed by atoms with E-state index in [0.717, 1.165) is 34.6 Å². The van der Waals surface area contributed by atoms with Crippen molar-refractivity contribution in [1.82, 2.24) is 5.32 Å². The average molecular weight is 544 g/mol. The molecule has 0 aliphatic heterocycles. The summed E-state index contributed by atoms with van der Waals surface area (Å²) in [6.45, 7) is 2.94. The van der Waals surface area contributed by atoms with Gasteiger partial charge in [-0.1, -0.05) is 84.4 Å².